The smallest absolute Gasteiger partial charge is 0.407 e. The van der Waals surface area contributed by atoms with Crippen LogP contribution in [0.2, 0.25) is 0 Å². The van der Waals surface area contributed by atoms with E-state index in [-0.39, 0.29) is 19.1 Å². The Morgan fingerprint density at radius 2 is 2.00 bits per heavy atom. The minimum atomic E-state index is -0.555. The van der Waals surface area contributed by atoms with Crippen molar-refractivity contribution < 1.29 is 19.1 Å². The van der Waals surface area contributed by atoms with Gasteiger partial charge in [0.05, 0.1) is 18.8 Å². The van der Waals surface area contributed by atoms with Crippen molar-refractivity contribution in [1.29, 1.82) is 0 Å². The second kappa shape index (κ2) is 7.05. The van der Waals surface area contributed by atoms with Crippen LogP contribution in [-0.4, -0.2) is 39.3 Å². The maximum Gasteiger partial charge on any atom is 0.407 e. The summed E-state index contributed by atoms with van der Waals surface area (Å²) in [6, 6.07) is 0. The van der Waals surface area contributed by atoms with Crippen molar-refractivity contribution in [2.24, 2.45) is 0 Å². The number of carbonyl (C=O) groups is 2. The van der Waals surface area contributed by atoms with E-state index in [0.717, 1.165) is 0 Å². The van der Waals surface area contributed by atoms with Gasteiger partial charge in [-0.05, 0) is 34.6 Å². The summed E-state index contributed by atoms with van der Waals surface area (Å²) in [7, 11) is 0. The molecule has 1 heterocycles. The van der Waals surface area contributed by atoms with Crippen molar-refractivity contribution >= 4 is 12.1 Å². The number of carbonyl (C=O) groups excluding carboxylic acids is 2. The predicted octanol–water partition coefficient (Wildman–Crippen LogP) is 1.17. The van der Waals surface area contributed by atoms with Gasteiger partial charge in [-0.3, -0.25) is 4.79 Å². The number of esters is 1. The summed E-state index contributed by atoms with van der Waals surface area (Å²) < 4.78 is 11.4. The van der Waals surface area contributed by atoms with Crippen molar-refractivity contribution in [3.05, 3.63) is 11.4 Å². The largest absolute Gasteiger partial charge is 0.465 e. The maximum atomic E-state index is 11.6. The first kappa shape index (κ1) is 16.9. The fourth-order valence-electron chi connectivity index (χ4n) is 1.51. The lowest BCUT2D eigenvalue weighted by Gasteiger charge is -2.19. The highest BCUT2D eigenvalue weighted by Gasteiger charge is 2.17. The Kier molecular flexibility index (Phi) is 5.69. The summed E-state index contributed by atoms with van der Waals surface area (Å²) in [6.07, 6.45) is -0.526. The number of nitrogens with zero attached hydrogens (tertiary/aromatic N) is 3. The molecule has 8 heteroatoms. The van der Waals surface area contributed by atoms with Crippen LogP contribution in [-0.2, 0) is 27.4 Å². The Hall–Kier alpha value is -2.12. The zero-order valence-corrected chi connectivity index (χ0v) is 13.1. The van der Waals surface area contributed by atoms with Gasteiger partial charge in [0.25, 0.3) is 0 Å². The summed E-state index contributed by atoms with van der Waals surface area (Å²) >= 11 is 0. The minimum absolute atomic E-state index is 0.000882. The monoisotopic (exact) mass is 298 g/mol. The van der Waals surface area contributed by atoms with Gasteiger partial charge in [-0.25, -0.2) is 9.48 Å². The van der Waals surface area contributed by atoms with Gasteiger partial charge < -0.3 is 14.8 Å². The maximum absolute atomic E-state index is 11.6. The highest BCUT2D eigenvalue weighted by atomic mass is 16.6. The second-order valence-electron chi connectivity index (χ2n) is 5.44. The average molecular weight is 298 g/mol. The molecule has 118 valence electrons. The van der Waals surface area contributed by atoms with Gasteiger partial charge in [0.2, 0.25) is 0 Å². The third-order valence-corrected chi connectivity index (χ3v) is 2.46. The quantitative estimate of drug-likeness (QED) is 0.820. The zero-order valence-electron chi connectivity index (χ0n) is 13.1. The molecule has 8 nitrogen and oxygen atoms in total. The van der Waals surface area contributed by atoms with Crippen molar-refractivity contribution in [1.82, 2.24) is 20.3 Å². The molecule has 0 atom stereocenters. The summed E-state index contributed by atoms with van der Waals surface area (Å²) in [4.78, 5) is 22.9. The Balaban J connectivity index is 2.56. The molecule has 0 bridgehead atoms. The fraction of sp³-hybridized carbons (Fsp3) is 0.692. The van der Waals surface area contributed by atoms with Gasteiger partial charge in [0.15, 0.2) is 0 Å². The summed E-state index contributed by atoms with van der Waals surface area (Å²) in [5, 5.41) is 10.4. The van der Waals surface area contributed by atoms with Crippen LogP contribution in [0.5, 0.6) is 0 Å². The van der Waals surface area contributed by atoms with E-state index in [1.807, 2.05) is 0 Å². The van der Waals surface area contributed by atoms with Crippen LogP contribution in [0, 0.1) is 6.92 Å². The standard InChI is InChI=1S/C13H22N4O4/c1-6-20-11(18)8-17-9(2)10(15-16-17)7-14-12(19)21-13(3,4)5/h6-8H2,1-5H3,(H,14,19). The Labute approximate surface area is 123 Å². The van der Waals surface area contributed by atoms with E-state index in [0.29, 0.717) is 18.0 Å². The number of hydrogen-bond acceptors (Lipinski definition) is 6. The van der Waals surface area contributed by atoms with Crippen LogP contribution in [0.1, 0.15) is 39.1 Å². The zero-order chi connectivity index (χ0) is 16.0. The molecule has 0 saturated heterocycles. The number of amides is 1. The van der Waals surface area contributed by atoms with E-state index in [4.69, 9.17) is 9.47 Å². The lowest BCUT2D eigenvalue weighted by Crippen LogP contribution is -2.32. The average Bonchev–Trinajstić information content (AvgIpc) is 2.66. The van der Waals surface area contributed by atoms with Crippen LogP contribution in [0.15, 0.2) is 0 Å². The molecule has 0 aliphatic carbocycles. The van der Waals surface area contributed by atoms with Gasteiger partial charge in [-0.15, -0.1) is 5.10 Å². The summed E-state index contributed by atoms with van der Waals surface area (Å²) in [5.41, 5.74) is 0.713. The topological polar surface area (TPSA) is 95.3 Å². The fourth-order valence-corrected chi connectivity index (χ4v) is 1.51. The van der Waals surface area contributed by atoms with E-state index < -0.39 is 11.7 Å². The Morgan fingerprint density at radius 3 is 2.57 bits per heavy atom. The first-order valence-electron chi connectivity index (χ1n) is 6.74. The van der Waals surface area contributed by atoms with Gasteiger partial charge in [0, 0.05) is 0 Å². The molecular weight excluding hydrogens is 276 g/mol. The van der Waals surface area contributed by atoms with Crippen LogP contribution in [0.3, 0.4) is 0 Å². The van der Waals surface area contributed by atoms with Crippen LogP contribution >= 0.6 is 0 Å². The first-order valence-corrected chi connectivity index (χ1v) is 6.74. The number of nitrogens with one attached hydrogen (secondary N) is 1. The normalized spacial score (nSPS) is 11.1. The molecule has 0 aliphatic heterocycles. The molecule has 1 N–H and O–H groups in total. The lowest BCUT2D eigenvalue weighted by atomic mass is 10.2. The molecule has 0 saturated carbocycles. The van der Waals surface area contributed by atoms with Gasteiger partial charge in [0.1, 0.15) is 17.8 Å². The molecule has 1 rings (SSSR count). The Bertz CT molecular complexity index is 505. The summed E-state index contributed by atoms with van der Waals surface area (Å²) in [6.45, 7) is 9.37. The second-order valence-corrected chi connectivity index (χ2v) is 5.44. The number of hydrogen-bond donors (Lipinski definition) is 1. The third-order valence-electron chi connectivity index (χ3n) is 2.46. The van der Waals surface area contributed by atoms with E-state index >= 15 is 0 Å². The van der Waals surface area contributed by atoms with Crippen LogP contribution in [0.25, 0.3) is 0 Å². The molecular formula is C13H22N4O4. The molecule has 0 aromatic carbocycles. The van der Waals surface area contributed by atoms with E-state index in [9.17, 15) is 9.59 Å². The van der Waals surface area contributed by atoms with Crippen LogP contribution < -0.4 is 5.32 Å². The molecule has 1 aromatic heterocycles. The highest BCUT2D eigenvalue weighted by molar-refractivity contribution is 5.69. The molecule has 21 heavy (non-hydrogen) atoms. The van der Waals surface area contributed by atoms with Crippen molar-refractivity contribution in [2.45, 2.75) is 53.3 Å². The van der Waals surface area contributed by atoms with E-state index in [2.05, 4.69) is 15.6 Å². The van der Waals surface area contributed by atoms with Crippen molar-refractivity contribution in [3.63, 3.8) is 0 Å². The van der Waals surface area contributed by atoms with Gasteiger partial charge in [-0.1, -0.05) is 5.21 Å². The molecule has 1 aromatic rings. The van der Waals surface area contributed by atoms with Crippen molar-refractivity contribution in [2.75, 3.05) is 6.61 Å². The third kappa shape index (κ3) is 5.80. The van der Waals surface area contributed by atoms with Crippen LogP contribution in [0.4, 0.5) is 4.79 Å². The molecule has 1 amide bonds. The van der Waals surface area contributed by atoms with Crippen molar-refractivity contribution in [3.8, 4) is 0 Å². The molecule has 0 fully saturated rings. The first-order chi connectivity index (χ1) is 9.73. The highest BCUT2D eigenvalue weighted by Crippen LogP contribution is 2.08. The van der Waals surface area contributed by atoms with Gasteiger partial charge in [-0.2, -0.15) is 0 Å². The molecule has 0 radical (unpaired) electrons. The summed E-state index contributed by atoms with van der Waals surface area (Å²) in [5.74, 6) is -0.378. The number of alkyl carbamates (subject to hydrolysis) is 1. The molecule has 0 aliphatic rings. The molecule has 0 unspecified atom stereocenters. The number of rotatable bonds is 5. The number of ether oxygens (including phenoxy) is 2. The number of aromatic nitrogens is 3. The SMILES string of the molecule is CCOC(=O)Cn1nnc(CNC(=O)OC(C)(C)C)c1C. The Morgan fingerprint density at radius 1 is 1.33 bits per heavy atom. The lowest BCUT2D eigenvalue weighted by molar-refractivity contribution is -0.144. The molecule has 0 spiro atoms. The predicted molar refractivity (Wildman–Crippen MR) is 74.5 cm³/mol. The minimum Gasteiger partial charge on any atom is -0.465 e. The van der Waals surface area contributed by atoms with E-state index in [1.165, 1.54) is 4.68 Å². The van der Waals surface area contributed by atoms with E-state index in [1.54, 1.807) is 34.6 Å². The van der Waals surface area contributed by atoms with Gasteiger partial charge >= 0.3 is 12.1 Å².